The van der Waals surface area contributed by atoms with E-state index in [0.29, 0.717) is 11.9 Å². The van der Waals surface area contributed by atoms with E-state index in [2.05, 4.69) is 42.0 Å². The summed E-state index contributed by atoms with van der Waals surface area (Å²) in [5.74, 6) is 1.80. The van der Waals surface area contributed by atoms with Gasteiger partial charge in [-0.3, -0.25) is 9.80 Å². The Morgan fingerprint density at radius 1 is 1.09 bits per heavy atom. The fourth-order valence-electron chi connectivity index (χ4n) is 3.22. The molecule has 2 aromatic heterocycles. The molecule has 2 aliphatic heterocycles. The van der Waals surface area contributed by atoms with Crippen LogP contribution in [0.25, 0.3) is 0 Å². The lowest BCUT2D eigenvalue weighted by molar-refractivity contribution is 0.0196. The Morgan fingerprint density at radius 2 is 1.95 bits per heavy atom. The standard InChI is InChI=1S/C15H20N6O/c1-2-4-16-14(3-1)21-7-5-20(6-8-21)13-9-19(10-13)11-15-17-12-18-22-15/h1-4,12-13H,5-11H2. The number of nitrogens with zero attached hydrogens (tertiary/aromatic N) is 6. The van der Waals surface area contributed by atoms with Crippen LogP contribution in [0.1, 0.15) is 5.89 Å². The number of piperazine rings is 1. The number of anilines is 1. The second kappa shape index (κ2) is 6.02. The lowest BCUT2D eigenvalue weighted by Crippen LogP contribution is -2.62. The SMILES string of the molecule is c1ccc(N2CCN(C3CN(Cc4ncno4)C3)CC2)nc1. The minimum absolute atomic E-state index is 0.661. The molecule has 2 fully saturated rings. The zero-order chi connectivity index (χ0) is 14.8. The third-order valence-electron chi connectivity index (χ3n) is 4.51. The summed E-state index contributed by atoms with van der Waals surface area (Å²) in [4.78, 5) is 15.8. The zero-order valence-corrected chi connectivity index (χ0v) is 12.5. The first kappa shape index (κ1) is 13.7. The molecular weight excluding hydrogens is 280 g/mol. The number of aromatic nitrogens is 3. The van der Waals surface area contributed by atoms with Crippen molar-refractivity contribution in [2.24, 2.45) is 0 Å². The highest BCUT2D eigenvalue weighted by molar-refractivity contribution is 5.38. The van der Waals surface area contributed by atoms with Gasteiger partial charge in [-0.1, -0.05) is 11.2 Å². The average molecular weight is 300 g/mol. The molecule has 4 heterocycles. The van der Waals surface area contributed by atoms with Gasteiger partial charge in [-0.15, -0.1) is 0 Å². The Labute approximate surface area is 129 Å². The van der Waals surface area contributed by atoms with Gasteiger partial charge in [0.1, 0.15) is 5.82 Å². The molecule has 0 saturated carbocycles. The number of likely N-dealkylation sites (tertiary alicyclic amines) is 1. The number of pyridine rings is 1. The van der Waals surface area contributed by atoms with Crippen LogP contribution in [0.15, 0.2) is 35.2 Å². The summed E-state index contributed by atoms with van der Waals surface area (Å²) in [6.07, 6.45) is 3.33. The van der Waals surface area contributed by atoms with Gasteiger partial charge < -0.3 is 9.42 Å². The molecule has 0 spiro atoms. The molecule has 0 aromatic carbocycles. The predicted octanol–water partition coefficient (Wildman–Crippen LogP) is 0.471. The van der Waals surface area contributed by atoms with E-state index >= 15 is 0 Å². The summed E-state index contributed by atoms with van der Waals surface area (Å²) in [5, 5.41) is 3.64. The largest absolute Gasteiger partial charge is 0.354 e. The highest BCUT2D eigenvalue weighted by Gasteiger charge is 2.34. The van der Waals surface area contributed by atoms with Gasteiger partial charge in [-0.2, -0.15) is 4.98 Å². The van der Waals surface area contributed by atoms with Crippen LogP contribution in [0.5, 0.6) is 0 Å². The smallest absolute Gasteiger partial charge is 0.240 e. The van der Waals surface area contributed by atoms with Crippen molar-refractivity contribution in [3.05, 3.63) is 36.6 Å². The fraction of sp³-hybridized carbons (Fsp3) is 0.533. The second-order valence-corrected chi connectivity index (χ2v) is 5.89. The maximum atomic E-state index is 5.05. The molecule has 22 heavy (non-hydrogen) atoms. The molecule has 0 aliphatic carbocycles. The second-order valence-electron chi connectivity index (χ2n) is 5.89. The molecule has 7 nitrogen and oxygen atoms in total. The highest BCUT2D eigenvalue weighted by Crippen LogP contribution is 2.20. The van der Waals surface area contributed by atoms with Crippen LogP contribution >= 0.6 is 0 Å². The summed E-state index contributed by atoms with van der Waals surface area (Å²) in [6, 6.07) is 6.77. The lowest BCUT2D eigenvalue weighted by atomic mass is 10.1. The van der Waals surface area contributed by atoms with Crippen LogP contribution in [0, 0.1) is 0 Å². The molecule has 0 radical (unpaired) electrons. The molecule has 2 saturated heterocycles. The minimum atomic E-state index is 0.661. The van der Waals surface area contributed by atoms with Crippen molar-refractivity contribution < 1.29 is 4.52 Å². The summed E-state index contributed by atoms with van der Waals surface area (Å²) >= 11 is 0. The maximum absolute atomic E-state index is 5.05. The van der Waals surface area contributed by atoms with Crippen LogP contribution in [0.3, 0.4) is 0 Å². The van der Waals surface area contributed by atoms with E-state index in [-0.39, 0.29) is 0 Å². The maximum Gasteiger partial charge on any atom is 0.240 e. The van der Waals surface area contributed by atoms with Crippen molar-refractivity contribution in [1.82, 2.24) is 24.9 Å². The summed E-state index contributed by atoms with van der Waals surface area (Å²) in [5.41, 5.74) is 0. The van der Waals surface area contributed by atoms with Gasteiger partial charge in [0.05, 0.1) is 6.54 Å². The van der Waals surface area contributed by atoms with E-state index in [9.17, 15) is 0 Å². The molecule has 2 aromatic rings. The fourth-order valence-corrected chi connectivity index (χ4v) is 3.22. The Hall–Kier alpha value is -1.99. The van der Waals surface area contributed by atoms with Crippen LogP contribution in [0.2, 0.25) is 0 Å². The van der Waals surface area contributed by atoms with E-state index in [0.717, 1.165) is 51.6 Å². The van der Waals surface area contributed by atoms with E-state index < -0.39 is 0 Å². The molecule has 2 aliphatic rings. The van der Waals surface area contributed by atoms with Gasteiger partial charge in [-0.05, 0) is 12.1 Å². The van der Waals surface area contributed by atoms with Crippen LogP contribution < -0.4 is 4.90 Å². The Bertz CT molecular complexity index is 575. The molecule has 7 heteroatoms. The first-order chi connectivity index (χ1) is 10.9. The van der Waals surface area contributed by atoms with Gasteiger partial charge in [0, 0.05) is 51.5 Å². The van der Waals surface area contributed by atoms with Gasteiger partial charge in [0.25, 0.3) is 0 Å². The molecule has 0 N–H and O–H groups in total. The van der Waals surface area contributed by atoms with Crippen molar-refractivity contribution in [2.45, 2.75) is 12.6 Å². The monoisotopic (exact) mass is 300 g/mol. The average Bonchev–Trinajstić information content (AvgIpc) is 3.05. The highest BCUT2D eigenvalue weighted by atomic mass is 16.5. The Balaban J connectivity index is 1.24. The molecule has 116 valence electrons. The van der Waals surface area contributed by atoms with Gasteiger partial charge in [-0.25, -0.2) is 4.98 Å². The third kappa shape index (κ3) is 2.82. The van der Waals surface area contributed by atoms with Gasteiger partial charge >= 0.3 is 0 Å². The third-order valence-corrected chi connectivity index (χ3v) is 4.51. The Kier molecular flexibility index (Phi) is 3.74. The van der Waals surface area contributed by atoms with Crippen molar-refractivity contribution in [1.29, 1.82) is 0 Å². The summed E-state index contributed by atoms with van der Waals surface area (Å²) < 4.78 is 5.05. The van der Waals surface area contributed by atoms with Crippen LogP contribution in [-0.4, -0.2) is 70.2 Å². The summed E-state index contributed by atoms with van der Waals surface area (Å²) in [7, 11) is 0. The molecule has 0 atom stereocenters. The van der Waals surface area contributed by atoms with Crippen molar-refractivity contribution in [2.75, 3.05) is 44.2 Å². The first-order valence-corrected chi connectivity index (χ1v) is 7.76. The van der Waals surface area contributed by atoms with Crippen LogP contribution in [-0.2, 0) is 6.54 Å². The van der Waals surface area contributed by atoms with Crippen molar-refractivity contribution >= 4 is 5.82 Å². The minimum Gasteiger partial charge on any atom is -0.354 e. The predicted molar refractivity (Wildman–Crippen MR) is 81.4 cm³/mol. The molecule has 0 bridgehead atoms. The van der Waals surface area contributed by atoms with Gasteiger partial charge in [0.15, 0.2) is 6.33 Å². The van der Waals surface area contributed by atoms with E-state index in [4.69, 9.17) is 4.52 Å². The summed E-state index contributed by atoms with van der Waals surface area (Å²) in [6.45, 7) is 7.27. The van der Waals surface area contributed by atoms with Crippen LogP contribution in [0.4, 0.5) is 5.82 Å². The molecule has 4 rings (SSSR count). The number of hydrogen-bond acceptors (Lipinski definition) is 7. The normalized spacial score (nSPS) is 21.0. The number of rotatable bonds is 4. The van der Waals surface area contributed by atoms with E-state index in [1.807, 2.05) is 12.3 Å². The Morgan fingerprint density at radius 3 is 2.64 bits per heavy atom. The molecule has 0 amide bonds. The van der Waals surface area contributed by atoms with Crippen molar-refractivity contribution in [3.63, 3.8) is 0 Å². The zero-order valence-electron chi connectivity index (χ0n) is 12.5. The molecule has 0 unspecified atom stereocenters. The van der Waals surface area contributed by atoms with E-state index in [1.165, 1.54) is 6.33 Å². The number of hydrogen-bond donors (Lipinski definition) is 0. The van der Waals surface area contributed by atoms with Crippen molar-refractivity contribution in [3.8, 4) is 0 Å². The lowest BCUT2D eigenvalue weighted by Gasteiger charge is -2.48. The van der Waals surface area contributed by atoms with Gasteiger partial charge in [0.2, 0.25) is 5.89 Å². The first-order valence-electron chi connectivity index (χ1n) is 7.76. The molecular formula is C15H20N6O. The van der Waals surface area contributed by atoms with E-state index in [1.54, 1.807) is 0 Å². The topological polar surface area (TPSA) is 61.5 Å². The quantitative estimate of drug-likeness (QED) is 0.813.